The average molecular weight is 523 g/mol. The highest BCUT2D eigenvalue weighted by atomic mass is 32.2. The molecular weight excluding hydrogens is 492 g/mol. The van der Waals surface area contributed by atoms with Gasteiger partial charge in [0.2, 0.25) is 0 Å². The molecule has 3 atom stereocenters. The maximum atomic E-state index is 11.8. The molecule has 1 aliphatic rings. The van der Waals surface area contributed by atoms with E-state index >= 15 is 0 Å². The van der Waals surface area contributed by atoms with Crippen LogP contribution in [0.5, 0.6) is 0 Å². The molecule has 2 amide bonds. The lowest BCUT2D eigenvalue weighted by Gasteiger charge is -2.36. The van der Waals surface area contributed by atoms with Gasteiger partial charge in [-0.3, -0.25) is 0 Å². The lowest BCUT2D eigenvalue weighted by Crippen LogP contribution is -2.31. The zero-order valence-electron chi connectivity index (χ0n) is 20.4. The van der Waals surface area contributed by atoms with E-state index in [1.807, 2.05) is 55.5 Å². The molecule has 3 aromatic rings. The summed E-state index contributed by atoms with van der Waals surface area (Å²) in [6.45, 7) is 2.37. The Bertz CT molecular complexity index is 1180. The highest BCUT2D eigenvalue weighted by Gasteiger charge is 2.32. The van der Waals surface area contributed by atoms with Crippen molar-refractivity contribution < 1.29 is 29.3 Å². The first-order chi connectivity index (χ1) is 17.9. The molecule has 1 heterocycles. The number of anilines is 1. The molecule has 4 N–H and O–H groups in total. The van der Waals surface area contributed by atoms with E-state index < -0.39 is 12.3 Å². The van der Waals surface area contributed by atoms with Crippen molar-refractivity contribution in [3.05, 3.63) is 95.1 Å². The zero-order valence-corrected chi connectivity index (χ0v) is 21.2. The highest BCUT2D eigenvalue weighted by Crippen LogP contribution is 2.39. The van der Waals surface area contributed by atoms with Crippen LogP contribution in [0.1, 0.15) is 52.8 Å². The van der Waals surface area contributed by atoms with Gasteiger partial charge in [-0.2, -0.15) is 0 Å². The monoisotopic (exact) mass is 522 g/mol. The second-order valence-electron chi connectivity index (χ2n) is 8.60. The molecule has 37 heavy (non-hydrogen) atoms. The minimum Gasteiger partial charge on any atom is -0.478 e. The predicted molar refractivity (Wildman–Crippen MR) is 142 cm³/mol. The molecule has 0 saturated carbocycles. The number of hydrogen-bond donors (Lipinski definition) is 4. The number of rotatable bonds is 9. The second-order valence-corrected chi connectivity index (χ2v) is 9.69. The van der Waals surface area contributed by atoms with Gasteiger partial charge in [0.1, 0.15) is 0 Å². The largest absolute Gasteiger partial charge is 0.478 e. The number of carbonyl (C=O) groups is 2. The molecule has 0 bridgehead atoms. The number of thioether (sulfide) groups is 1. The number of hydrogen-bond acceptors (Lipinski definition) is 6. The summed E-state index contributed by atoms with van der Waals surface area (Å²) in [6, 6.07) is 21.6. The molecule has 3 unspecified atom stereocenters. The average Bonchev–Trinajstić information content (AvgIpc) is 2.92. The molecule has 0 aliphatic carbocycles. The van der Waals surface area contributed by atoms with Crippen molar-refractivity contribution in [1.82, 2.24) is 5.32 Å². The van der Waals surface area contributed by atoms with Gasteiger partial charge >= 0.3 is 12.0 Å². The summed E-state index contributed by atoms with van der Waals surface area (Å²) in [5.41, 5.74) is 3.58. The minimum absolute atomic E-state index is 0.0197. The zero-order chi connectivity index (χ0) is 26.2. The Morgan fingerprint density at radius 2 is 1.62 bits per heavy atom. The number of aliphatic hydroxyl groups excluding tert-OH is 1. The Balaban J connectivity index is 1.48. The first kappa shape index (κ1) is 26.7. The normalized spacial score (nSPS) is 19.2. The molecule has 3 aromatic carbocycles. The molecule has 4 rings (SSSR count). The van der Waals surface area contributed by atoms with Crippen molar-refractivity contribution >= 4 is 29.4 Å². The number of carbonyl (C=O) groups excluding carboxylic acids is 1. The lowest BCUT2D eigenvalue weighted by molar-refractivity contribution is -0.245. The van der Waals surface area contributed by atoms with Crippen molar-refractivity contribution in [2.75, 3.05) is 17.6 Å². The lowest BCUT2D eigenvalue weighted by atomic mass is 10.0. The molecule has 1 aliphatic heterocycles. The van der Waals surface area contributed by atoms with E-state index in [9.17, 15) is 14.7 Å². The summed E-state index contributed by atoms with van der Waals surface area (Å²) in [4.78, 5) is 23.9. The Hall–Kier alpha value is -3.37. The number of urea groups is 1. The maximum Gasteiger partial charge on any atom is 0.335 e. The van der Waals surface area contributed by atoms with E-state index in [0.717, 1.165) is 21.6 Å². The summed E-state index contributed by atoms with van der Waals surface area (Å²) < 4.78 is 12.7. The van der Waals surface area contributed by atoms with Crippen LogP contribution in [0.4, 0.5) is 10.5 Å². The van der Waals surface area contributed by atoms with Crippen LogP contribution >= 0.6 is 11.8 Å². The highest BCUT2D eigenvalue weighted by molar-refractivity contribution is 7.99. The number of amides is 2. The summed E-state index contributed by atoms with van der Waals surface area (Å²) in [5, 5.41) is 24.0. The standard InChI is InChI=1S/C28H30N2O6S/c1-2-29-28(34)30-22-11-7-21(8-12-22)27-35-23(17-37-24-13-9-20(10-14-24)26(32)33)15-25(36-27)19-5-3-18(16-31)4-6-19/h3-14,23,25,27,31H,2,15-17H2,1H3,(H,32,33)(H2,29,30,34). The Labute approximate surface area is 220 Å². The van der Waals surface area contributed by atoms with Gasteiger partial charge in [0.05, 0.1) is 24.4 Å². The molecular formula is C28H30N2O6S. The van der Waals surface area contributed by atoms with Crippen LogP contribution in [-0.2, 0) is 16.1 Å². The fraction of sp³-hybridized carbons (Fsp3) is 0.286. The van der Waals surface area contributed by atoms with Crippen LogP contribution in [0.3, 0.4) is 0 Å². The topological polar surface area (TPSA) is 117 Å². The number of aliphatic hydroxyl groups is 1. The van der Waals surface area contributed by atoms with Crippen LogP contribution in [0.2, 0.25) is 0 Å². The van der Waals surface area contributed by atoms with Gasteiger partial charge in [0.25, 0.3) is 0 Å². The van der Waals surface area contributed by atoms with Gasteiger partial charge in [0, 0.05) is 34.9 Å². The van der Waals surface area contributed by atoms with Crippen molar-refractivity contribution in [3.63, 3.8) is 0 Å². The molecule has 0 radical (unpaired) electrons. The van der Waals surface area contributed by atoms with Crippen LogP contribution in [0.25, 0.3) is 0 Å². The van der Waals surface area contributed by atoms with Crippen LogP contribution in [0, 0.1) is 0 Å². The molecule has 0 aromatic heterocycles. The van der Waals surface area contributed by atoms with Crippen LogP contribution < -0.4 is 10.6 Å². The van der Waals surface area contributed by atoms with Gasteiger partial charge in [-0.25, -0.2) is 9.59 Å². The van der Waals surface area contributed by atoms with E-state index in [4.69, 9.17) is 14.6 Å². The quantitative estimate of drug-likeness (QED) is 0.280. The molecule has 0 spiro atoms. The van der Waals surface area contributed by atoms with E-state index in [0.29, 0.717) is 24.4 Å². The maximum absolute atomic E-state index is 11.8. The third-order valence-electron chi connectivity index (χ3n) is 5.93. The van der Waals surface area contributed by atoms with E-state index in [1.165, 1.54) is 0 Å². The van der Waals surface area contributed by atoms with E-state index in [2.05, 4.69) is 10.6 Å². The SMILES string of the molecule is CCNC(=O)Nc1ccc(C2OC(CSc3ccc(C(=O)O)cc3)CC(c3ccc(CO)cc3)O2)cc1. The second kappa shape index (κ2) is 12.7. The number of nitrogens with one attached hydrogen (secondary N) is 2. The number of benzene rings is 3. The summed E-state index contributed by atoms with van der Waals surface area (Å²) in [6.07, 6.45) is -0.292. The van der Waals surface area contributed by atoms with Gasteiger partial charge in [-0.05, 0) is 54.4 Å². The van der Waals surface area contributed by atoms with E-state index in [-0.39, 0.29) is 30.4 Å². The van der Waals surface area contributed by atoms with Crippen molar-refractivity contribution in [2.24, 2.45) is 0 Å². The summed E-state index contributed by atoms with van der Waals surface area (Å²) >= 11 is 1.60. The third kappa shape index (κ3) is 7.33. The van der Waals surface area contributed by atoms with Gasteiger partial charge < -0.3 is 30.3 Å². The van der Waals surface area contributed by atoms with Gasteiger partial charge in [0.15, 0.2) is 6.29 Å². The molecule has 9 heteroatoms. The molecule has 1 fully saturated rings. The molecule has 8 nitrogen and oxygen atoms in total. The van der Waals surface area contributed by atoms with Crippen molar-refractivity contribution in [3.8, 4) is 0 Å². The van der Waals surface area contributed by atoms with Crippen LogP contribution in [-0.4, -0.2) is 40.6 Å². The summed E-state index contributed by atoms with van der Waals surface area (Å²) in [5.74, 6) is -0.289. The Kier molecular flexibility index (Phi) is 9.19. The smallest absolute Gasteiger partial charge is 0.335 e. The first-order valence-corrected chi connectivity index (χ1v) is 13.0. The number of ether oxygens (including phenoxy) is 2. The van der Waals surface area contributed by atoms with E-state index in [1.54, 1.807) is 36.0 Å². The predicted octanol–water partition coefficient (Wildman–Crippen LogP) is 5.36. The number of aromatic carboxylic acids is 1. The molecule has 194 valence electrons. The van der Waals surface area contributed by atoms with Gasteiger partial charge in [-0.1, -0.05) is 36.4 Å². The van der Waals surface area contributed by atoms with Crippen molar-refractivity contribution in [2.45, 2.75) is 43.3 Å². The third-order valence-corrected chi connectivity index (χ3v) is 7.07. The first-order valence-electron chi connectivity index (χ1n) is 12.1. The number of carboxylic acids is 1. The Morgan fingerprint density at radius 1 is 0.946 bits per heavy atom. The fourth-order valence-corrected chi connectivity index (χ4v) is 4.89. The Morgan fingerprint density at radius 3 is 2.24 bits per heavy atom. The van der Waals surface area contributed by atoms with Crippen molar-refractivity contribution in [1.29, 1.82) is 0 Å². The molecule has 1 saturated heterocycles. The number of carboxylic acid groups (broad SMARTS) is 1. The minimum atomic E-state index is -0.950. The fourth-order valence-electron chi connectivity index (χ4n) is 3.97. The van der Waals surface area contributed by atoms with Crippen LogP contribution in [0.15, 0.2) is 77.7 Å². The summed E-state index contributed by atoms with van der Waals surface area (Å²) in [7, 11) is 0. The van der Waals surface area contributed by atoms with Gasteiger partial charge in [-0.15, -0.1) is 11.8 Å².